The lowest BCUT2D eigenvalue weighted by atomic mass is 9.97. The summed E-state index contributed by atoms with van der Waals surface area (Å²) in [4.78, 5) is 35.0. The van der Waals surface area contributed by atoms with Crippen molar-refractivity contribution in [1.29, 1.82) is 0 Å². The summed E-state index contributed by atoms with van der Waals surface area (Å²) < 4.78 is 0. The second-order valence-corrected chi connectivity index (χ2v) is 9.26. The molecule has 1 unspecified atom stereocenters. The molecule has 1 atom stereocenters. The minimum Gasteiger partial charge on any atom is -0.325 e. The van der Waals surface area contributed by atoms with Crippen molar-refractivity contribution in [2.24, 2.45) is 5.92 Å². The van der Waals surface area contributed by atoms with Gasteiger partial charge in [-0.05, 0) is 44.1 Å². The third kappa shape index (κ3) is 4.75. The molecule has 2 aliphatic heterocycles. The summed E-state index contributed by atoms with van der Waals surface area (Å²) in [6, 6.07) is 8.34. The molecule has 1 aromatic heterocycles. The van der Waals surface area contributed by atoms with Gasteiger partial charge in [0.15, 0.2) is 5.13 Å². The molecule has 3 amide bonds. The van der Waals surface area contributed by atoms with Gasteiger partial charge < -0.3 is 15.1 Å². The summed E-state index contributed by atoms with van der Waals surface area (Å²) in [5, 5.41) is 5.55. The highest BCUT2D eigenvalue weighted by Crippen LogP contribution is 2.28. The number of carbonyl (C=O) groups excluding carboxylic acids is 2. The van der Waals surface area contributed by atoms with E-state index in [1.54, 1.807) is 11.8 Å². The number of nitrogens with zero attached hydrogens (tertiary/aromatic N) is 3. The van der Waals surface area contributed by atoms with Gasteiger partial charge in [0.25, 0.3) is 0 Å². The summed E-state index contributed by atoms with van der Waals surface area (Å²) >= 11 is 3.14. The van der Waals surface area contributed by atoms with Crippen LogP contribution in [0, 0.1) is 5.92 Å². The molecule has 2 aromatic rings. The number of rotatable bonds is 4. The number of thiazole rings is 1. The van der Waals surface area contributed by atoms with Crippen LogP contribution in [0.15, 0.2) is 34.5 Å². The molecular weight excluding hydrogens is 404 g/mol. The van der Waals surface area contributed by atoms with Crippen LogP contribution in [0.1, 0.15) is 25.7 Å². The topological polar surface area (TPSA) is 65.5 Å². The first-order valence-corrected chi connectivity index (χ1v) is 12.2. The Morgan fingerprint density at radius 1 is 1.10 bits per heavy atom. The number of nitrogens with one attached hydrogen (secondary N) is 1. The predicted molar refractivity (Wildman–Crippen MR) is 118 cm³/mol. The molecule has 2 aliphatic rings. The zero-order valence-electron chi connectivity index (χ0n) is 16.6. The summed E-state index contributed by atoms with van der Waals surface area (Å²) in [6.45, 7) is 2.92. The molecule has 0 saturated carbocycles. The molecule has 3 heterocycles. The number of aromatic nitrogens is 1. The smallest absolute Gasteiger partial charge is 0.320 e. The molecule has 1 N–H and O–H groups in total. The van der Waals surface area contributed by atoms with E-state index in [9.17, 15) is 9.59 Å². The van der Waals surface area contributed by atoms with Crippen LogP contribution < -0.4 is 5.32 Å². The minimum absolute atomic E-state index is 0.0393. The van der Waals surface area contributed by atoms with Crippen molar-refractivity contribution in [1.82, 2.24) is 14.8 Å². The molecule has 6 nitrogen and oxygen atoms in total. The van der Waals surface area contributed by atoms with Crippen molar-refractivity contribution in [3.8, 4) is 11.3 Å². The average Bonchev–Trinajstić information content (AvgIpc) is 3.46. The molecule has 29 heavy (non-hydrogen) atoms. The third-order valence-electron chi connectivity index (χ3n) is 5.56. The lowest BCUT2D eigenvalue weighted by Crippen LogP contribution is -2.48. The Kier molecular flexibility index (Phi) is 6.40. The van der Waals surface area contributed by atoms with Crippen molar-refractivity contribution < 1.29 is 9.59 Å². The van der Waals surface area contributed by atoms with Crippen LogP contribution in [0.25, 0.3) is 11.3 Å². The lowest BCUT2D eigenvalue weighted by Gasteiger charge is -2.34. The fourth-order valence-electron chi connectivity index (χ4n) is 3.91. The number of urea groups is 1. The van der Waals surface area contributed by atoms with Gasteiger partial charge in [-0.3, -0.25) is 4.79 Å². The zero-order chi connectivity index (χ0) is 20.2. The van der Waals surface area contributed by atoms with Crippen LogP contribution in [0.3, 0.4) is 0 Å². The minimum atomic E-state index is -0.177. The van der Waals surface area contributed by atoms with Crippen LogP contribution in [-0.4, -0.2) is 59.2 Å². The monoisotopic (exact) mass is 430 g/mol. The number of hydrogen-bond acceptors (Lipinski definition) is 5. The Morgan fingerprint density at radius 3 is 2.55 bits per heavy atom. The van der Waals surface area contributed by atoms with E-state index < -0.39 is 0 Å². The largest absolute Gasteiger partial charge is 0.325 e. The van der Waals surface area contributed by atoms with Crippen molar-refractivity contribution in [2.45, 2.75) is 30.6 Å². The van der Waals surface area contributed by atoms with E-state index in [1.807, 2.05) is 15.2 Å². The molecule has 8 heteroatoms. The molecular formula is C21H26N4O2S2. The van der Waals surface area contributed by atoms with E-state index in [2.05, 4.69) is 40.8 Å². The number of anilines is 1. The molecule has 1 aromatic carbocycles. The highest BCUT2D eigenvalue weighted by Gasteiger charge is 2.31. The fraction of sp³-hybridized carbons (Fsp3) is 0.476. The number of benzene rings is 1. The van der Waals surface area contributed by atoms with Gasteiger partial charge in [-0.1, -0.05) is 12.1 Å². The maximum Gasteiger partial charge on any atom is 0.320 e. The van der Waals surface area contributed by atoms with E-state index in [4.69, 9.17) is 0 Å². The van der Waals surface area contributed by atoms with Crippen LogP contribution >= 0.6 is 23.1 Å². The normalized spacial score (nSPS) is 19.4. The molecule has 154 valence electrons. The van der Waals surface area contributed by atoms with Crippen LogP contribution in [-0.2, 0) is 4.79 Å². The van der Waals surface area contributed by atoms with Crippen molar-refractivity contribution >= 4 is 40.2 Å². The summed E-state index contributed by atoms with van der Waals surface area (Å²) in [5.41, 5.74) is 1.91. The SMILES string of the molecule is CSc1ccc(-c2csc(NC(=O)C3CCCN(C(=O)N4CCCC4)C3)n2)cc1. The molecule has 0 bridgehead atoms. The average molecular weight is 431 g/mol. The van der Waals surface area contributed by atoms with Gasteiger partial charge >= 0.3 is 6.03 Å². The van der Waals surface area contributed by atoms with Crippen LogP contribution in [0.5, 0.6) is 0 Å². The van der Waals surface area contributed by atoms with E-state index in [1.165, 1.54) is 16.2 Å². The van der Waals surface area contributed by atoms with E-state index in [-0.39, 0.29) is 17.9 Å². The molecule has 0 aliphatic carbocycles. The van der Waals surface area contributed by atoms with E-state index in [0.29, 0.717) is 11.7 Å². The van der Waals surface area contributed by atoms with Gasteiger partial charge in [0.1, 0.15) is 0 Å². The summed E-state index contributed by atoms with van der Waals surface area (Å²) in [5.74, 6) is -0.217. The van der Waals surface area contributed by atoms with Gasteiger partial charge in [0, 0.05) is 42.0 Å². The Balaban J connectivity index is 1.36. The first-order valence-electron chi connectivity index (χ1n) is 10.1. The van der Waals surface area contributed by atoms with Crippen molar-refractivity contribution in [2.75, 3.05) is 37.8 Å². The quantitative estimate of drug-likeness (QED) is 0.730. The standard InChI is InChI=1S/C21H26N4O2S2/c1-28-17-8-6-15(7-9-17)18-14-29-20(22-18)23-19(26)16-5-4-12-25(13-16)21(27)24-10-2-3-11-24/h6-9,14,16H,2-5,10-13H2,1H3,(H,22,23,26). The van der Waals surface area contributed by atoms with Crippen molar-refractivity contribution in [3.05, 3.63) is 29.6 Å². The second-order valence-electron chi connectivity index (χ2n) is 7.52. The van der Waals surface area contributed by atoms with Gasteiger partial charge in [0.05, 0.1) is 11.6 Å². The number of thioether (sulfide) groups is 1. The molecule has 4 rings (SSSR count). The molecule has 0 radical (unpaired) electrons. The predicted octanol–water partition coefficient (Wildman–Crippen LogP) is 4.40. The zero-order valence-corrected chi connectivity index (χ0v) is 18.2. The van der Waals surface area contributed by atoms with Crippen molar-refractivity contribution in [3.63, 3.8) is 0 Å². The number of piperidine rings is 1. The Labute approximate surface area is 179 Å². The van der Waals surface area contributed by atoms with Crippen LogP contribution in [0.2, 0.25) is 0 Å². The third-order valence-corrected chi connectivity index (χ3v) is 7.06. The highest BCUT2D eigenvalue weighted by atomic mass is 32.2. The van der Waals surface area contributed by atoms with Gasteiger partial charge in [-0.15, -0.1) is 23.1 Å². The maximum atomic E-state index is 12.8. The summed E-state index contributed by atoms with van der Waals surface area (Å²) in [6.07, 6.45) is 5.88. The molecule has 2 saturated heterocycles. The molecule has 0 spiro atoms. The van der Waals surface area contributed by atoms with E-state index >= 15 is 0 Å². The summed E-state index contributed by atoms with van der Waals surface area (Å²) in [7, 11) is 0. The first-order chi connectivity index (χ1) is 14.1. The first kappa shape index (κ1) is 20.2. The molecule has 2 fully saturated rings. The Morgan fingerprint density at radius 2 is 1.83 bits per heavy atom. The van der Waals surface area contributed by atoms with Crippen LogP contribution in [0.4, 0.5) is 9.93 Å². The number of hydrogen-bond donors (Lipinski definition) is 1. The highest BCUT2D eigenvalue weighted by molar-refractivity contribution is 7.98. The van der Waals surface area contributed by atoms with Gasteiger partial charge in [0.2, 0.25) is 5.91 Å². The van der Waals surface area contributed by atoms with Gasteiger partial charge in [-0.2, -0.15) is 0 Å². The maximum absolute atomic E-state index is 12.8. The number of amides is 3. The number of carbonyl (C=O) groups is 2. The second kappa shape index (κ2) is 9.17. The van der Waals surface area contributed by atoms with E-state index in [0.717, 1.165) is 56.6 Å². The number of likely N-dealkylation sites (tertiary alicyclic amines) is 2. The Bertz CT molecular complexity index is 862. The fourth-order valence-corrected chi connectivity index (χ4v) is 5.04. The van der Waals surface area contributed by atoms with Gasteiger partial charge in [-0.25, -0.2) is 9.78 Å². The lowest BCUT2D eigenvalue weighted by molar-refractivity contribution is -0.121. The Hall–Kier alpha value is -2.06.